The van der Waals surface area contributed by atoms with E-state index >= 15 is 0 Å². The van der Waals surface area contributed by atoms with Crippen molar-refractivity contribution in [2.45, 2.75) is 85.0 Å². The number of para-hydroxylation sites is 1. The van der Waals surface area contributed by atoms with E-state index in [2.05, 4.69) is 33.0 Å². The molecular weight excluding hydrogens is 797 g/mol. The number of anilines is 1. The lowest BCUT2D eigenvalue weighted by atomic mass is 10.0. The van der Waals surface area contributed by atoms with E-state index in [-0.39, 0.29) is 18.0 Å². The summed E-state index contributed by atoms with van der Waals surface area (Å²) in [5.74, 6) is 0.227. The van der Waals surface area contributed by atoms with Gasteiger partial charge in [-0.1, -0.05) is 28.1 Å². The first-order chi connectivity index (χ1) is 25.0. The van der Waals surface area contributed by atoms with E-state index in [0.717, 1.165) is 56.8 Å². The number of carbonyl (C=O) groups is 3. The van der Waals surface area contributed by atoms with Crippen LogP contribution in [0.15, 0.2) is 46.9 Å². The zero-order valence-electron chi connectivity index (χ0n) is 30.7. The summed E-state index contributed by atoms with van der Waals surface area (Å²) >= 11 is 8.29. The average molecular weight is 840 g/mol. The Morgan fingerprint density at radius 2 is 1.49 bits per heavy atom. The highest BCUT2D eigenvalue weighted by Gasteiger charge is 2.30. The third kappa shape index (κ3) is 11.0. The van der Waals surface area contributed by atoms with E-state index in [0.29, 0.717) is 45.4 Å². The van der Waals surface area contributed by atoms with Crippen LogP contribution in [0.2, 0.25) is 0 Å². The van der Waals surface area contributed by atoms with Crippen LogP contribution in [0.4, 0.5) is 14.6 Å². The van der Waals surface area contributed by atoms with Gasteiger partial charge in [0.05, 0.1) is 44.5 Å². The Kier molecular flexibility index (Phi) is 12.8. The second-order valence-corrected chi connectivity index (χ2v) is 18.6. The molecular formula is C38H43BrN6O5S3. The first kappa shape index (κ1) is 40.1. The number of aromatic nitrogens is 2. The number of carbonyl (C=O) groups excluding carboxylic acids is 3. The van der Waals surface area contributed by atoms with Gasteiger partial charge in [0.1, 0.15) is 27.0 Å². The van der Waals surface area contributed by atoms with Crippen molar-refractivity contribution in [1.82, 2.24) is 19.8 Å². The van der Waals surface area contributed by atoms with Crippen LogP contribution in [0, 0.1) is 11.3 Å². The van der Waals surface area contributed by atoms with Gasteiger partial charge in [0.2, 0.25) is 0 Å². The predicted octanol–water partition coefficient (Wildman–Crippen LogP) is 9.61. The summed E-state index contributed by atoms with van der Waals surface area (Å²) in [7, 11) is 0. The van der Waals surface area contributed by atoms with Crippen LogP contribution in [0.25, 0.3) is 31.0 Å². The minimum Gasteiger partial charge on any atom is -0.444 e. The number of fused-ring (bicyclic) bond motifs is 3. The van der Waals surface area contributed by atoms with Crippen LogP contribution in [0.1, 0.15) is 69.8 Å². The van der Waals surface area contributed by atoms with E-state index in [1.165, 1.54) is 5.56 Å². The number of thiazole rings is 2. The topological polar surface area (TPSA) is 152 Å². The van der Waals surface area contributed by atoms with Gasteiger partial charge in [-0.2, -0.15) is 5.26 Å². The maximum Gasteiger partial charge on any atom is 0.410 e. The molecule has 1 fully saturated rings. The summed E-state index contributed by atoms with van der Waals surface area (Å²) in [5.41, 5.74) is 9.63. The van der Waals surface area contributed by atoms with Crippen LogP contribution in [-0.2, 0) is 33.7 Å². The summed E-state index contributed by atoms with van der Waals surface area (Å²) < 4.78 is 14.0. The molecule has 2 N–H and O–H groups in total. The summed E-state index contributed by atoms with van der Waals surface area (Å²) in [4.78, 5) is 48.4. The molecule has 5 aromatic rings. The number of nitriles is 1. The molecule has 0 unspecified atom stereocenters. The van der Waals surface area contributed by atoms with Crippen molar-refractivity contribution in [1.29, 1.82) is 5.26 Å². The molecule has 3 aromatic heterocycles. The average Bonchev–Trinajstić information content (AvgIpc) is 3.77. The number of hydrogen-bond donors (Lipinski definition) is 1. The number of nitrogens with zero attached hydrogens (tertiary/aromatic N) is 5. The first-order valence-corrected chi connectivity index (χ1v) is 20.4. The van der Waals surface area contributed by atoms with E-state index < -0.39 is 11.2 Å². The molecule has 0 radical (unpaired) electrons. The Bertz CT molecular complexity index is 2110. The van der Waals surface area contributed by atoms with E-state index in [1.54, 1.807) is 43.8 Å². The molecule has 2 aliphatic heterocycles. The second kappa shape index (κ2) is 16.9. The molecule has 0 saturated carbocycles. The molecule has 2 aromatic carbocycles. The third-order valence-corrected chi connectivity index (χ3v) is 11.5. The van der Waals surface area contributed by atoms with Gasteiger partial charge in [-0.25, -0.2) is 19.6 Å². The molecule has 5 heterocycles. The number of halogens is 1. The van der Waals surface area contributed by atoms with Gasteiger partial charge >= 0.3 is 12.2 Å². The number of benzene rings is 2. The van der Waals surface area contributed by atoms with Crippen LogP contribution in [0.3, 0.4) is 0 Å². The maximum atomic E-state index is 12.4. The van der Waals surface area contributed by atoms with Crippen LogP contribution in [0.5, 0.6) is 0 Å². The number of nitrogens with two attached hydrogens (primary N) is 1. The summed E-state index contributed by atoms with van der Waals surface area (Å²) in [6, 6.07) is 16.1. The standard InChI is InChI=1S/C19H20BrN3O2S2.C10H17NO3.C9H6N2S/c1-19(2,3)25-18(24)23-7-6-11-14(9-23)26-16(21)15(11)17-22-12-8-10(20)4-5-13(12)27-17;1-10(2,3)14-9(13)11-6-4-8(12)5-7-11;10-6-5-9-11-7-3-1-2-4-8(7)12-9/h4-5,8H,6-7,9,21H2,1-3H3;4-7H2,1-3H3;1-4H,5H2. The van der Waals surface area contributed by atoms with Crippen LogP contribution >= 0.6 is 49.9 Å². The van der Waals surface area contributed by atoms with Gasteiger partial charge in [-0.3, -0.25) is 4.79 Å². The van der Waals surface area contributed by atoms with Gasteiger partial charge in [0.15, 0.2) is 0 Å². The minimum absolute atomic E-state index is 0.227. The Labute approximate surface area is 329 Å². The summed E-state index contributed by atoms with van der Waals surface area (Å²) in [5, 5.41) is 11.1. The summed E-state index contributed by atoms with van der Waals surface area (Å²) in [6.45, 7) is 13.3. The minimum atomic E-state index is -0.494. The maximum absolute atomic E-state index is 12.4. The van der Waals surface area contributed by atoms with Crippen molar-refractivity contribution < 1.29 is 23.9 Å². The number of ketones is 1. The lowest BCUT2D eigenvalue weighted by Crippen LogP contribution is -2.41. The van der Waals surface area contributed by atoms with Gasteiger partial charge in [0.25, 0.3) is 0 Å². The number of hydrogen-bond acceptors (Lipinski definition) is 12. The fourth-order valence-electron chi connectivity index (χ4n) is 5.48. The van der Waals surface area contributed by atoms with Gasteiger partial charge in [-0.05, 0) is 83.9 Å². The molecule has 7 rings (SSSR count). The molecule has 0 atom stereocenters. The van der Waals surface area contributed by atoms with Crippen molar-refractivity contribution in [2.75, 3.05) is 25.4 Å². The zero-order chi connectivity index (χ0) is 38.5. The van der Waals surface area contributed by atoms with Crippen LogP contribution < -0.4 is 5.73 Å². The highest BCUT2D eigenvalue weighted by molar-refractivity contribution is 9.10. The largest absolute Gasteiger partial charge is 0.444 e. The van der Waals surface area contributed by atoms with Crippen molar-refractivity contribution in [3.63, 3.8) is 0 Å². The highest BCUT2D eigenvalue weighted by Crippen LogP contribution is 2.44. The van der Waals surface area contributed by atoms with Crippen LogP contribution in [-0.4, -0.2) is 68.6 Å². The monoisotopic (exact) mass is 838 g/mol. The molecule has 53 heavy (non-hydrogen) atoms. The quantitative estimate of drug-likeness (QED) is 0.183. The van der Waals surface area contributed by atoms with Crippen molar-refractivity contribution in [3.8, 4) is 16.6 Å². The highest BCUT2D eigenvalue weighted by atomic mass is 79.9. The Morgan fingerprint density at radius 1 is 0.868 bits per heavy atom. The SMILES string of the molecule is CC(C)(C)OC(=O)N1CCC(=O)CC1.CC(C)(C)OC(=O)N1CCc2c(sc(N)c2-c2nc3cc(Br)ccc3s2)C1.N#CCc1nc2ccccc2s1. The fourth-order valence-corrected chi connectivity index (χ4v) is 8.96. The number of ether oxygens (including phenoxy) is 2. The number of Topliss-reactive ketones (excluding diaryl/α,β-unsaturated/α-hetero) is 1. The molecule has 0 spiro atoms. The lowest BCUT2D eigenvalue weighted by Gasteiger charge is -2.30. The molecule has 0 aliphatic carbocycles. The van der Waals surface area contributed by atoms with Gasteiger partial charge < -0.3 is 25.0 Å². The van der Waals surface area contributed by atoms with Crippen molar-refractivity contribution >= 4 is 93.3 Å². The number of thiophene rings is 1. The van der Waals surface area contributed by atoms with E-state index in [9.17, 15) is 14.4 Å². The van der Waals surface area contributed by atoms with Crippen molar-refractivity contribution in [3.05, 3.63) is 62.4 Å². The second-order valence-electron chi connectivity index (χ2n) is 14.4. The Hall–Kier alpha value is -4.10. The molecule has 280 valence electrons. The molecule has 15 heteroatoms. The molecule has 1 saturated heterocycles. The fraction of sp³-hybridized carbons (Fsp3) is 0.421. The molecule has 2 aliphatic rings. The van der Waals surface area contributed by atoms with E-state index in [4.69, 9.17) is 25.5 Å². The number of likely N-dealkylation sites (tertiary alicyclic amines) is 1. The smallest absolute Gasteiger partial charge is 0.410 e. The number of rotatable bonds is 2. The summed E-state index contributed by atoms with van der Waals surface area (Å²) in [6.07, 6.45) is 1.51. The molecule has 0 bridgehead atoms. The van der Waals surface area contributed by atoms with Gasteiger partial charge in [-0.15, -0.1) is 34.0 Å². The zero-order valence-corrected chi connectivity index (χ0v) is 34.7. The number of piperidine rings is 1. The third-order valence-electron chi connectivity index (χ3n) is 7.84. The normalized spacial score (nSPS) is 14.4. The first-order valence-electron chi connectivity index (χ1n) is 17.1. The van der Waals surface area contributed by atoms with Gasteiger partial charge in [0, 0.05) is 47.4 Å². The molecule has 2 amide bonds. The van der Waals surface area contributed by atoms with Crippen molar-refractivity contribution in [2.24, 2.45) is 0 Å². The predicted molar refractivity (Wildman–Crippen MR) is 216 cm³/mol. The molecule has 11 nitrogen and oxygen atoms in total. The lowest BCUT2D eigenvalue weighted by molar-refractivity contribution is -0.121. The van der Waals surface area contributed by atoms with E-state index in [1.807, 2.05) is 77.9 Å². The number of nitrogen functional groups attached to an aromatic ring is 1. The Balaban J connectivity index is 0.000000174. The number of amides is 2. The Morgan fingerprint density at radius 3 is 2.13 bits per heavy atom.